The topological polar surface area (TPSA) is 140 Å². The highest BCUT2D eigenvalue weighted by Gasteiger charge is 2.37. The number of H-pyrrole nitrogens is 1. The Morgan fingerprint density at radius 2 is 2.05 bits per heavy atom. The van der Waals surface area contributed by atoms with Crippen molar-refractivity contribution < 1.29 is 19.1 Å². The molecule has 38 heavy (non-hydrogen) atoms. The first-order valence-corrected chi connectivity index (χ1v) is 12.5. The Bertz CT molecular complexity index is 1450. The summed E-state index contributed by atoms with van der Waals surface area (Å²) in [5.74, 6) is 0.609. The van der Waals surface area contributed by atoms with Crippen LogP contribution in [0.1, 0.15) is 38.4 Å². The number of ether oxygens (including phenoxy) is 2. The number of pyridine rings is 1. The van der Waals surface area contributed by atoms with Crippen molar-refractivity contribution in [3.63, 3.8) is 0 Å². The van der Waals surface area contributed by atoms with E-state index < -0.39 is 0 Å². The number of carbonyl (C=O) groups is 2. The number of Topliss-reactive ketones (excluding diaryl/α,β-unsaturated/α-hetero) is 1. The molecule has 198 valence electrons. The summed E-state index contributed by atoms with van der Waals surface area (Å²) in [7, 11) is 1.60. The molecule has 0 bridgehead atoms. The van der Waals surface area contributed by atoms with Gasteiger partial charge in [0.1, 0.15) is 10.9 Å². The molecule has 1 saturated heterocycles. The number of aryl methyl sites for hydroxylation is 1. The van der Waals surface area contributed by atoms with Crippen molar-refractivity contribution in [3.8, 4) is 5.75 Å². The molecule has 0 radical (unpaired) electrons. The lowest BCUT2D eigenvalue weighted by Crippen LogP contribution is -2.39. The van der Waals surface area contributed by atoms with E-state index in [1.165, 1.54) is 4.90 Å². The molecule has 3 aromatic rings. The number of hydrogen-bond donors (Lipinski definition) is 2. The highest BCUT2D eigenvalue weighted by molar-refractivity contribution is 6.41. The van der Waals surface area contributed by atoms with E-state index in [4.69, 9.17) is 26.8 Å². The summed E-state index contributed by atoms with van der Waals surface area (Å²) in [5.41, 5.74) is 10.0. The van der Waals surface area contributed by atoms with Gasteiger partial charge in [-0.3, -0.25) is 24.4 Å². The lowest BCUT2D eigenvalue weighted by molar-refractivity contribution is -0.113. The van der Waals surface area contributed by atoms with Gasteiger partial charge in [0, 0.05) is 47.9 Å². The van der Waals surface area contributed by atoms with Crippen LogP contribution in [0.2, 0.25) is 5.15 Å². The molecule has 3 N–H and O–H groups in total. The van der Waals surface area contributed by atoms with Crippen LogP contribution in [0.4, 0.5) is 11.8 Å². The Morgan fingerprint density at radius 1 is 1.29 bits per heavy atom. The molecule has 5 rings (SSSR count). The maximum atomic E-state index is 13.7. The lowest BCUT2D eigenvalue weighted by atomic mass is 10.1. The zero-order valence-corrected chi connectivity index (χ0v) is 22.1. The first-order chi connectivity index (χ1) is 18.3. The number of nitrogens with one attached hydrogen (secondary N) is 1. The normalized spacial score (nSPS) is 16.8. The number of carbonyl (C=O) groups excluding carboxylic acids is 2. The van der Waals surface area contributed by atoms with Gasteiger partial charge in [-0.1, -0.05) is 11.6 Å². The third-order valence-corrected chi connectivity index (χ3v) is 6.99. The van der Waals surface area contributed by atoms with Gasteiger partial charge in [-0.15, -0.1) is 0 Å². The second-order valence-electron chi connectivity index (χ2n) is 9.22. The molecule has 2 aliphatic rings. The zero-order chi connectivity index (χ0) is 27.0. The van der Waals surface area contributed by atoms with E-state index in [0.29, 0.717) is 53.8 Å². The molecule has 1 amide bonds. The van der Waals surface area contributed by atoms with Crippen LogP contribution >= 0.6 is 11.6 Å². The number of methoxy groups -OCH3 is 1. The number of aromatic amines is 1. The van der Waals surface area contributed by atoms with Crippen LogP contribution in [-0.4, -0.2) is 76.5 Å². The van der Waals surface area contributed by atoms with E-state index in [0.717, 1.165) is 24.2 Å². The number of morpholine rings is 1. The van der Waals surface area contributed by atoms with Crippen molar-refractivity contribution in [1.82, 2.24) is 24.8 Å². The minimum absolute atomic E-state index is 0.0171. The van der Waals surface area contributed by atoms with Crippen LogP contribution in [0.15, 0.2) is 18.5 Å². The maximum absolute atomic E-state index is 13.7. The number of amides is 1. The zero-order valence-electron chi connectivity index (χ0n) is 21.4. The van der Waals surface area contributed by atoms with Gasteiger partial charge >= 0.3 is 0 Å². The van der Waals surface area contributed by atoms with Crippen molar-refractivity contribution >= 4 is 46.7 Å². The summed E-state index contributed by atoms with van der Waals surface area (Å²) < 4.78 is 10.9. The predicted molar refractivity (Wildman–Crippen MR) is 143 cm³/mol. The first kappa shape index (κ1) is 25.8. The molecule has 0 atom stereocenters. The molecule has 3 aromatic heterocycles. The molecule has 0 spiro atoms. The Kier molecular flexibility index (Phi) is 7.15. The summed E-state index contributed by atoms with van der Waals surface area (Å²) in [6, 6.07) is 1.72. The molecular formula is C26H28ClN7O4. The Balaban J connectivity index is 1.46. The SMILES string of the molecule is COc1c(C)cnc(CN2C(=O)/C(=C/c3cc(C(=O)CN4CCOCC4)c[nH]3)c3c(Cl)nc(N)nc32)c1C. The van der Waals surface area contributed by atoms with Gasteiger partial charge in [0.05, 0.1) is 50.2 Å². The van der Waals surface area contributed by atoms with Crippen LogP contribution in [0, 0.1) is 13.8 Å². The Morgan fingerprint density at radius 3 is 2.79 bits per heavy atom. The van der Waals surface area contributed by atoms with Gasteiger partial charge in [0.25, 0.3) is 5.91 Å². The quantitative estimate of drug-likeness (QED) is 0.264. The first-order valence-electron chi connectivity index (χ1n) is 12.1. The molecule has 0 saturated carbocycles. The van der Waals surface area contributed by atoms with Crippen LogP contribution in [-0.2, 0) is 16.1 Å². The van der Waals surface area contributed by atoms with E-state index in [1.54, 1.807) is 31.6 Å². The number of hydrogen-bond acceptors (Lipinski definition) is 9. The molecule has 0 unspecified atom stereocenters. The average molecular weight is 538 g/mol. The number of ketones is 1. The smallest absolute Gasteiger partial charge is 0.260 e. The van der Waals surface area contributed by atoms with E-state index in [2.05, 4.69) is 24.8 Å². The van der Waals surface area contributed by atoms with E-state index >= 15 is 0 Å². The highest BCUT2D eigenvalue weighted by Crippen LogP contribution is 2.41. The molecule has 11 nitrogen and oxygen atoms in total. The summed E-state index contributed by atoms with van der Waals surface area (Å²) in [5, 5.41) is 0.0657. The van der Waals surface area contributed by atoms with Crippen molar-refractivity contribution in [3.05, 3.63) is 57.3 Å². The number of fused-ring (bicyclic) bond motifs is 1. The molecule has 0 aromatic carbocycles. The molecule has 0 aliphatic carbocycles. The fourth-order valence-electron chi connectivity index (χ4n) is 4.74. The van der Waals surface area contributed by atoms with Gasteiger partial charge in [0.15, 0.2) is 11.6 Å². The van der Waals surface area contributed by atoms with Crippen molar-refractivity contribution in [2.45, 2.75) is 20.4 Å². The summed E-state index contributed by atoms with van der Waals surface area (Å²) in [6.07, 6.45) is 4.99. The highest BCUT2D eigenvalue weighted by atomic mass is 35.5. The molecule has 5 heterocycles. The third kappa shape index (κ3) is 4.87. The van der Waals surface area contributed by atoms with Crippen LogP contribution in [0.25, 0.3) is 11.6 Å². The van der Waals surface area contributed by atoms with Gasteiger partial charge in [-0.25, -0.2) is 4.98 Å². The Hall–Kier alpha value is -3.80. The molecule has 12 heteroatoms. The van der Waals surface area contributed by atoms with Gasteiger partial charge in [-0.05, 0) is 26.0 Å². The number of nitrogen functional groups attached to an aromatic ring is 1. The summed E-state index contributed by atoms with van der Waals surface area (Å²) in [6.45, 7) is 6.91. The van der Waals surface area contributed by atoms with E-state index in [-0.39, 0.29) is 34.9 Å². The van der Waals surface area contributed by atoms with Crippen molar-refractivity contribution in [2.75, 3.05) is 50.6 Å². The van der Waals surface area contributed by atoms with Gasteiger partial charge in [-0.2, -0.15) is 4.98 Å². The van der Waals surface area contributed by atoms with Crippen LogP contribution in [0.3, 0.4) is 0 Å². The monoisotopic (exact) mass is 537 g/mol. The number of aromatic nitrogens is 4. The standard InChI is InChI=1S/C26H28ClN7O4/c1-14-10-30-19(15(2)22(14)37-3)12-34-24-21(23(27)31-26(28)32-24)18(25(34)36)9-17-8-16(11-29-17)20(35)13-33-4-6-38-7-5-33/h8-11,29H,4-7,12-13H2,1-3H3,(H2,28,31,32)/b18-9+. The summed E-state index contributed by atoms with van der Waals surface area (Å²) >= 11 is 6.47. The van der Waals surface area contributed by atoms with Crippen LogP contribution in [0.5, 0.6) is 5.75 Å². The van der Waals surface area contributed by atoms with Crippen molar-refractivity contribution in [1.29, 1.82) is 0 Å². The number of rotatable bonds is 7. The predicted octanol–water partition coefficient (Wildman–Crippen LogP) is 2.66. The molecular weight excluding hydrogens is 510 g/mol. The largest absolute Gasteiger partial charge is 0.496 e. The Labute approximate surface area is 224 Å². The van der Waals surface area contributed by atoms with Gasteiger partial charge < -0.3 is 20.2 Å². The second kappa shape index (κ2) is 10.5. The minimum atomic E-state index is -0.335. The summed E-state index contributed by atoms with van der Waals surface area (Å²) in [4.78, 5) is 46.0. The van der Waals surface area contributed by atoms with Gasteiger partial charge in [0.2, 0.25) is 5.95 Å². The number of nitrogens with two attached hydrogens (primary N) is 1. The van der Waals surface area contributed by atoms with E-state index in [1.807, 2.05) is 13.8 Å². The second-order valence-corrected chi connectivity index (χ2v) is 9.58. The van der Waals surface area contributed by atoms with E-state index in [9.17, 15) is 9.59 Å². The third-order valence-electron chi connectivity index (χ3n) is 6.72. The maximum Gasteiger partial charge on any atom is 0.260 e. The lowest BCUT2D eigenvalue weighted by Gasteiger charge is -2.25. The molecule has 2 aliphatic heterocycles. The number of halogens is 1. The van der Waals surface area contributed by atoms with Crippen molar-refractivity contribution in [2.24, 2.45) is 0 Å². The molecule has 1 fully saturated rings. The fraction of sp³-hybridized carbons (Fsp3) is 0.346. The average Bonchev–Trinajstić information content (AvgIpc) is 3.46. The minimum Gasteiger partial charge on any atom is -0.496 e. The fourth-order valence-corrected chi connectivity index (χ4v) is 5.01. The number of anilines is 2. The number of nitrogens with zero attached hydrogens (tertiary/aromatic N) is 5. The van der Waals surface area contributed by atoms with Crippen LogP contribution < -0.4 is 15.4 Å².